The van der Waals surface area contributed by atoms with Crippen molar-refractivity contribution in [2.45, 2.75) is 25.8 Å². The highest BCUT2D eigenvalue weighted by Gasteiger charge is 2.26. The average molecular weight is 393 g/mol. The maximum absolute atomic E-state index is 12.8. The van der Waals surface area contributed by atoms with Gasteiger partial charge in [-0.2, -0.15) is 0 Å². The highest BCUT2D eigenvalue weighted by atomic mass is 16.5. The summed E-state index contributed by atoms with van der Waals surface area (Å²) in [4.78, 5) is 31.6. The van der Waals surface area contributed by atoms with E-state index < -0.39 is 0 Å². The topological polar surface area (TPSA) is 84.7 Å². The van der Waals surface area contributed by atoms with Gasteiger partial charge in [0.25, 0.3) is 11.8 Å². The van der Waals surface area contributed by atoms with Crippen molar-refractivity contribution in [2.75, 3.05) is 20.2 Å². The Kier molecular flexibility index (Phi) is 5.20. The molecule has 0 aliphatic carbocycles. The van der Waals surface area contributed by atoms with Gasteiger partial charge in [-0.1, -0.05) is 0 Å². The van der Waals surface area contributed by atoms with Crippen LogP contribution in [-0.4, -0.2) is 47.9 Å². The van der Waals surface area contributed by atoms with Crippen molar-refractivity contribution < 1.29 is 18.7 Å². The van der Waals surface area contributed by atoms with Crippen LogP contribution in [0.5, 0.6) is 5.75 Å². The van der Waals surface area contributed by atoms with E-state index in [1.807, 2.05) is 31.2 Å². The number of furan rings is 1. The number of nitrogens with one attached hydrogen (secondary N) is 1. The van der Waals surface area contributed by atoms with Crippen LogP contribution in [0.2, 0.25) is 0 Å². The Morgan fingerprint density at radius 2 is 2.00 bits per heavy atom. The van der Waals surface area contributed by atoms with Gasteiger partial charge in [0.15, 0.2) is 0 Å². The third-order valence-electron chi connectivity index (χ3n) is 5.35. The Bertz CT molecular complexity index is 1040. The second-order valence-electron chi connectivity index (χ2n) is 7.23. The summed E-state index contributed by atoms with van der Waals surface area (Å²) in [6, 6.07) is 9.18. The first-order chi connectivity index (χ1) is 14.0. The van der Waals surface area contributed by atoms with Gasteiger partial charge < -0.3 is 19.4 Å². The fourth-order valence-corrected chi connectivity index (χ4v) is 3.66. The van der Waals surface area contributed by atoms with Crippen LogP contribution >= 0.6 is 0 Å². The number of carbonyl (C=O) groups excluding carboxylic acids is 2. The molecule has 7 nitrogen and oxygen atoms in total. The Hall–Kier alpha value is -3.35. The van der Waals surface area contributed by atoms with E-state index in [-0.39, 0.29) is 17.9 Å². The van der Waals surface area contributed by atoms with Crippen molar-refractivity contribution in [1.82, 2.24) is 15.2 Å². The SMILES string of the molecule is COc1ccc2cc(C(=O)NC3CCN(C(=O)c4ccoc4)CC3)c(C)nc2c1. The summed E-state index contributed by atoms with van der Waals surface area (Å²) >= 11 is 0. The Morgan fingerprint density at radius 1 is 1.21 bits per heavy atom. The smallest absolute Gasteiger partial charge is 0.257 e. The van der Waals surface area contributed by atoms with Crippen LogP contribution in [-0.2, 0) is 0 Å². The number of methoxy groups -OCH3 is 1. The maximum atomic E-state index is 12.8. The zero-order valence-corrected chi connectivity index (χ0v) is 16.5. The lowest BCUT2D eigenvalue weighted by molar-refractivity contribution is 0.0697. The standard InChI is InChI=1S/C22H23N3O4/c1-14-19(11-15-3-4-18(28-2)12-20(15)23-14)21(26)24-17-5-8-25(9-6-17)22(27)16-7-10-29-13-16/h3-4,7,10-13,17H,5-6,8-9H2,1-2H3,(H,24,26). The molecular weight excluding hydrogens is 370 g/mol. The molecule has 150 valence electrons. The van der Waals surface area contributed by atoms with Gasteiger partial charge in [-0.15, -0.1) is 0 Å². The molecule has 2 amide bonds. The van der Waals surface area contributed by atoms with Crippen LogP contribution in [0, 0.1) is 6.92 Å². The summed E-state index contributed by atoms with van der Waals surface area (Å²) < 4.78 is 10.2. The minimum atomic E-state index is -0.132. The van der Waals surface area contributed by atoms with Gasteiger partial charge in [-0.25, -0.2) is 0 Å². The molecule has 29 heavy (non-hydrogen) atoms. The molecule has 1 aromatic carbocycles. The summed E-state index contributed by atoms with van der Waals surface area (Å²) in [5.41, 5.74) is 2.60. The molecule has 1 saturated heterocycles. The van der Waals surface area contributed by atoms with Gasteiger partial charge in [0, 0.05) is 30.6 Å². The van der Waals surface area contributed by atoms with E-state index >= 15 is 0 Å². The minimum Gasteiger partial charge on any atom is -0.497 e. The third kappa shape index (κ3) is 3.94. The van der Waals surface area contributed by atoms with Gasteiger partial charge >= 0.3 is 0 Å². The average Bonchev–Trinajstić information content (AvgIpc) is 3.27. The number of benzene rings is 1. The van der Waals surface area contributed by atoms with Crippen LogP contribution in [0.1, 0.15) is 39.3 Å². The van der Waals surface area contributed by atoms with Crippen molar-refractivity contribution in [3.63, 3.8) is 0 Å². The molecule has 2 aromatic heterocycles. The first-order valence-corrected chi connectivity index (χ1v) is 9.63. The molecule has 1 aliphatic heterocycles. The van der Waals surface area contributed by atoms with E-state index in [0.717, 1.165) is 16.7 Å². The number of carbonyl (C=O) groups is 2. The van der Waals surface area contributed by atoms with Crippen LogP contribution in [0.4, 0.5) is 0 Å². The number of pyridine rings is 1. The largest absolute Gasteiger partial charge is 0.497 e. The van der Waals surface area contributed by atoms with Gasteiger partial charge in [0.05, 0.1) is 35.7 Å². The van der Waals surface area contributed by atoms with Gasteiger partial charge in [0.1, 0.15) is 12.0 Å². The number of ether oxygens (including phenoxy) is 1. The molecule has 0 unspecified atom stereocenters. The van der Waals surface area contributed by atoms with Gasteiger partial charge in [-0.05, 0) is 44.0 Å². The van der Waals surface area contributed by atoms with Crippen molar-refractivity contribution >= 4 is 22.7 Å². The highest BCUT2D eigenvalue weighted by Crippen LogP contribution is 2.22. The Labute approximate surface area is 168 Å². The number of fused-ring (bicyclic) bond motifs is 1. The lowest BCUT2D eigenvalue weighted by Gasteiger charge is -2.32. The molecule has 0 radical (unpaired) electrons. The summed E-state index contributed by atoms with van der Waals surface area (Å²) in [5.74, 6) is 0.569. The first-order valence-electron chi connectivity index (χ1n) is 9.63. The lowest BCUT2D eigenvalue weighted by atomic mass is 10.0. The van der Waals surface area contributed by atoms with Crippen molar-refractivity contribution in [3.8, 4) is 5.75 Å². The zero-order chi connectivity index (χ0) is 20.4. The molecule has 0 saturated carbocycles. The molecule has 0 spiro atoms. The van der Waals surface area contributed by atoms with E-state index in [0.29, 0.717) is 42.8 Å². The van der Waals surface area contributed by atoms with E-state index in [1.165, 1.54) is 12.5 Å². The predicted molar refractivity (Wildman–Crippen MR) is 108 cm³/mol. The number of hydrogen-bond acceptors (Lipinski definition) is 5. The van der Waals surface area contributed by atoms with E-state index in [9.17, 15) is 9.59 Å². The first kappa shape index (κ1) is 19.0. The van der Waals surface area contributed by atoms with Crippen LogP contribution in [0.15, 0.2) is 47.3 Å². The predicted octanol–water partition coefficient (Wildman–Crippen LogP) is 3.18. The number of amides is 2. The fourth-order valence-electron chi connectivity index (χ4n) is 3.66. The summed E-state index contributed by atoms with van der Waals surface area (Å²) in [6.07, 6.45) is 4.39. The van der Waals surface area contributed by atoms with Gasteiger partial charge in [-0.3, -0.25) is 14.6 Å². The fraction of sp³-hybridized carbons (Fsp3) is 0.318. The van der Waals surface area contributed by atoms with Crippen LogP contribution in [0.3, 0.4) is 0 Å². The quantitative estimate of drug-likeness (QED) is 0.736. The lowest BCUT2D eigenvalue weighted by Crippen LogP contribution is -2.46. The normalized spacial score (nSPS) is 14.8. The number of aryl methyl sites for hydroxylation is 1. The maximum Gasteiger partial charge on any atom is 0.257 e. The van der Waals surface area contributed by atoms with E-state index in [4.69, 9.17) is 9.15 Å². The molecular formula is C22H23N3O4. The molecule has 0 bridgehead atoms. The molecule has 1 N–H and O–H groups in total. The number of piperidine rings is 1. The summed E-state index contributed by atoms with van der Waals surface area (Å²) in [6.45, 7) is 3.04. The van der Waals surface area contributed by atoms with Gasteiger partial charge in [0.2, 0.25) is 0 Å². The molecule has 3 aromatic rings. The number of hydrogen-bond donors (Lipinski definition) is 1. The van der Waals surface area contributed by atoms with Crippen molar-refractivity contribution in [1.29, 1.82) is 0 Å². The molecule has 7 heteroatoms. The van der Waals surface area contributed by atoms with Crippen LogP contribution in [0.25, 0.3) is 10.9 Å². The molecule has 1 aliphatic rings. The third-order valence-corrected chi connectivity index (χ3v) is 5.35. The van der Waals surface area contributed by atoms with Crippen LogP contribution < -0.4 is 10.1 Å². The number of nitrogens with zero attached hydrogens (tertiary/aromatic N) is 2. The highest BCUT2D eigenvalue weighted by molar-refractivity contribution is 5.99. The molecule has 1 fully saturated rings. The molecule has 4 rings (SSSR count). The van der Waals surface area contributed by atoms with Crippen molar-refractivity contribution in [2.24, 2.45) is 0 Å². The van der Waals surface area contributed by atoms with E-state index in [2.05, 4.69) is 10.3 Å². The Morgan fingerprint density at radius 3 is 2.69 bits per heavy atom. The molecule has 0 atom stereocenters. The Balaban J connectivity index is 1.41. The number of rotatable bonds is 4. The number of likely N-dealkylation sites (tertiary alicyclic amines) is 1. The monoisotopic (exact) mass is 393 g/mol. The van der Waals surface area contributed by atoms with Crippen molar-refractivity contribution in [3.05, 3.63) is 59.7 Å². The molecule has 3 heterocycles. The van der Waals surface area contributed by atoms with E-state index in [1.54, 1.807) is 18.1 Å². The second-order valence-corrected chi connectivity index (χ2v) is 7.23. The summed E-state index contributed by atoms with van der Waals surface area (Å²) in [7, 11) is 1.61. The second kappa shape index (κ2) is 7.95. The summed E-state index contributed by atoms with van der Waals surface area (Å²) in [5, 5.41) is 3.99. The number of aromatic nitrogens is 1. The zero-order valence-electron chi connectivity index (χ0n) is 16.5. The minimum absolute atomic E-state index is 0.0295.